The molecule has 17 heavy (non-hydrogen) atoms. The fourth-order valence-electron chi connectivity index (χ4n) is 2.12. The van der Waals surface area contributed by atoms with Crippen molar-refractivity contribution < 1.29 is 4.79 Å². The maximum atomic E-state index is 11.4. The van der Waals surface area contributed by atoms with E-state index in [0.717, 1.165) is 16.5 Å². The highest BCUT2D eigenvalue weighted by Crippen LogP contribution is 2.27. The second-order valence-electron chi connectivity index (χ2n) is 4.41. The van der Waals surface area contributed by atoms with Gasteiger partial charge in [-0.3, -0.25) is 4.79 Å². The maximum absolute atomic E-state index is 11.4. The van der Waals surface area contributed by atoms with Crippen LogP contribution in [0.25, 0.3) is 10.9 Å². The smallest absolute Gasteiger partial charge is 0.317 e. The highest BCUT2D eigenvalue weighted by Gasteiger charge is 2.15. The minimum atomic E-state index is -0.712. The van der Waals surface area contributed by atoms with Gasteiger partial charge in [0, 0.05) is 22.8 Å². The Bertz CT molecular complexity index is 597. The second kappa shape index (κ2) is 4.13. The molecule has 0 saturated heterocycles. The summed E-state index contributed by atoms with van der Waals surface area (Å²) in [5.41, 5.74) is 2.45. The number of benzene rings is 1. The highest BCUT2D eigenvalue weighted by molar-refractivity contribution is 6.07. The molecule has 2 rings (SSSR count). The number of hydrogen-bond acceptors (Lipinski definition) is 2. The molecule has 0 fully saturated rings. The summed E-state index contributed by atoms with van der Waals surface area (Å²) in [4.78, 5) is 21.8. The molecule has 0 saturated carbocycles. The fraction of sp³-hybridized carbons (Fsp3) is 0.308. The van der Waals surface area contributed by atoms with Crippen LogP contribution in [0.2, 0.25) is 0 Å². The van der Waals surface area contributed by atoms with Gasteiger partial charge in [0.25, 0.3) is 0 Å². The minimum Gasteiger partial charge on any atom is -0.345 e. The number of rotatable bonds is 2. The molecule has 0 aliphatic heterocycles. The Morgan fingerprint density at radius 3 is 2.59 bits per heavy atom. The van der Waals surface area contributed by atoms with Crippen molar-refractivity contribution in [2.24, 2.45) is 5.18 Å². The molecule has 88 valence electrons. The molecule has 0 spiro atoms. The van der Waals surface area contributed by atoms with Crippen LogP contribution in [0.15, 0.2) is 29.6 Å². The van der Waals surface area contributed by atoms with Gasteiger partial charge in [-0.15, -0.1) is 4.91 Å². The lowest BCUT2D eigenvalue weighted by Crippen LogP contribution is -2.01. The molecule has 4 heteroatoms. The van der Waals surface area contributed by atoms with Crippen molar-refractivity contribution in [3.8, 4) is 0 Å². The van der Waals surface area contributed by atoms with Gasteiger partial charge in [0.1, 0.15) is 0 Å². The molecule has 1 amide bonds. The van der Waals surface area contributed by atoms with Gasteiger partial charge < -0.3 is 4.57 Å². The predicted molar refractivity (Wildman–Crippen MR) is 67.2 cm³/mol. The maximum Gasteiger partial charge on any atom is 0.317 e. The van der Waals surface area contributed by atoms with E-state index in [2.05, 4.69) is 23.6 Å². The number of aryl methyl sites for hydroxylation is 1. The van der Waals surface area contributed by atoms with E-state index >= 15 is 0 Å². The summed E-state index contributed by atoms with van der Waals surface area (Å²) in [5, 5.41) is 3.29. The molecular formula is C13H14N2O2. The first-order valence-corrected chi connectivity index (χ1v) is 5.54. The molecule has 0 atom stereocenters. The molecule has 2 aromatic rings. The first-order chi connectivity index (χ1) is 8.06. The van der Waals surface area contributed by atoms with Crippen LogP contribution in [0.1, 0.15) is 35.8 Å². The van der Waals surface area contributed by atoms with E-state index in [9.17, 15) is 9.70 Å². The van der Waals surface area contributed by atoms with Crippen molar-refractivity contribution in [3.63, 3.8) is 0 Å². The Balaban J connectivity index is 2.80. The van der Waals surface area contributed by atoms with Gasteiger partial charge in [0.05, 0.1) is 11.1 Å². The van der Waals surface area contributed by atoms with E-state index in [-0.39, 0.29) is 0 Å². The number of amides is 1. The van der Waals surface area contributed by atoms with E-state index in [0.29, 0.717) is 11.6 Å². The van der Waals surface area contributed by atoms with Crippen LogP contribution in [0.5, 0.6) is 0 Å². The lowest BCUT2D eigenvalue weighted by molar-refractivity contribution is 0.100. The Labute approximate surface area is 99.2 Å². The molecule has 0 radical (unpaired) electrons. The van der Waals surface area contributed by atoms with Crippen LogP contribution in [0, 0.1) is 11.8 Å². The standard InChI is InChI=1S/C13H14N2O2/c1-8(2)15-7-6-10-11(13(16)14-17)5-4-9(3)12(10)15/h4-8H,1-3H3. The van der Waals surface area contributed by atoms with Crippen molar-refractivity contribution in [2.75, 3.05) is 0 Å². The van der Waals surface area contributed by atoms with Crippen LogP contribution in [0.4, 0.5) is 0 Å². The van der Waals surface area contributed by atoms with E-state index in [4.69, 9.17) is 0 Å². The average molecular weight is 230 g/mol. The summed E-state index contributed by atoms with van der Waals surface area (Å²) in [7, 11) is 0. The quantitative estimate of drug-likeness (QED) is 0.742. The van der Waals surface area contributed by atoms with Gasteiger partial charge in [0.15, 0.2) is 0 Å². The molecule has 1 aromatic heterocycles. The molecule has 0 N–H and O–H groups in total. The Morgan fingerprint density at radius 1 is 1.29 bits per heavy atom. The number of carbonyl (C=O) groups is 1. The first-order valence-electron chi connectivity index (χ1n) is 5.54. The molecule has 4 nitrogen and oxygen atoms in total. The summed E-state index contributed by atoms with van der Waals surface area (Å²) in [6, 6.07) is 5.67. The zero-order chi connectivity index (χ0) is 12.6. The van der Waals surface area contributed by atoms with Crippen LogP contribution < -0.4 is 0 Å². The normalized spacial score (nSPS) is 11.1. The number of nitrogens with zero attached hydrogens (tertiary/aromatic N) is 2. The van der Waals surface area contributed by atoms with E-state index in [1.807, 2.05) is 25.3 Å². The van der Waals surface area contributed by atoms with Crippen molar-refractivity contribution in [1.29, 1.82) is 0 Å². The number of aromatic nitrogens is 1. The largest absolute Gasteiger partial charge is 0.345 e. The molecular weight excluding hydrogens is 216 g/mol. The molecule has 0 aliphatic carbocycles. The third-order valence-corrected chi connectivity index (χ3v) is 2.95. The third kappa shape index (κ3) is 1.75. The molecule has 1 heterocycles. The summed E-state index contributed by atoms with van der Waals surface area (Å²) in [6.45, 7) is 6.14. The van der Waals surface area contributed by atoms with Crippen LogP contribution in [0.3, 0.4) is 0 Å². The highest BCUT2D eigenvalue weighted by atomic mass is 16.3. The van der Waals surface area contributed by atoms with Crippen LogP contribution >= 0.6 is 0 Å². The van der Waals surface area contributed by atoms with Gasteiger partial charge in [-0.05, 0) is 38.5 Å². The zero-order valence-corrected chi connectivity index (χ0v) is 10.1. The lowest BCUT2D eigenvalue weighted by atomic mass is 10.1. The molecule has 0 bridgehead atoms. The minimum absolute atomic E-state index is 0.306. The fourth-order valence-corrected chi connectivity index (χ4v) is 2.12. The number of nitroso groups, excluding NO2 is 1. The monoisotopic (exact) mass is 230 g/mol. The second-order valence-corrected chi connectivity index (χ2v) is 4.41. The van der Waals surface area contributed by atoms with Crippen molar-refractivity contribution >= 4 is 16.8 Å². The summed E-state index contributed by atoms with van der Waals surface area (Å²) in [6.07, 6.45) is 1.93. The lowest BCUT2D eigenvalue weighted by Gasteiger charge is -2.11. The summed E-state index contributed by atoms with van der Waals surface area (Å²) >= 11 is 0. The number of hydrogen-bond donors (Lipinski definition) is 0. The van der Waals surface area contributed by atoms with E-state index in [1.165, 1.54) is 0 Å². The van der Waals surface area contributed by atoms with Crippen LogP contribution in [-0.4, -0.2) is 10.5 Å². The number of fused-ring (bicyclic) bond motifs is 1. The predicted octanol–water partition coefficient (Wildman–Crippen LogP) is 3.44. The Morgan fingerprint density at radius 2 is 2.00 bits per heavy atom. The third-order valence-electron chi connectivity index (χ3n) is 2.95. The van der Waals surface area contributed by atoms with Gasteiger partial charge >= 0.3 is 5.91 Å². The SMILES string of the molecule is Cc1ccc(C(=O)N=O)c2ccn(C(C)C)c12. The van der Waals surface area contributed by atoms with E-state index in [1.54, 1.807) is 6.07 Å². The summed E-state index contributed by atoms with van der Waals surface area (Å²) in [5.74, 6) is -0.712. The van der Waals surface area contributed by atoms with Gasteiger partial charge in [0.2, 0.25) is 0 Å². The molecule has 0 aliphatic rings. The molecule has 1 aromatic carbocycles. The summed E-state index contributed by atoms with van der Waals surface area (Å²) < 4.78 is 2.09. The van der Waals surface area contributed by atoms with Gasteiger partial charge in [-0.2, -0.15) is 0 Å². The van der Waals surface area contributed by atoms with Crippen molar-refractivity contribution in [3.05, 3.63) is 40.4 Å². The van der Waals surface area contributed by atoms with Crippen molar-refractivity contribution in [1.82, 2.24) is 4.57 Å². The first kappa shape index (κ1) is 11.5. The number of carbonyl (C=O) groups excluding carboxylic acids is 1. The molecule has 0 unspecified atom stereocenters. The Hall–Kier alpha value is -1.97. The van der Waals surface area contributed by atoms with Crippen LogP contribution in [-0.2, 0) is 0 Å². The average Bonchev–Trinajstić information content (AvgIpc) is 2.74. The van der Waals surface area contributed by atoms with Crippen molar-refractivity contribution in [2.45, 2.75) is 26.8 Å². The Kier molecular flexibility index (Phi) is 2.79. The zero-order valence-electron chi connectivity index (χ0n) is 10.1. The van der Waals surface area contributed by atoms with E-state index < -0.39 is 5.91 Å². The van der Waals surface area contributed by atoms with Gasteiger partial charge in [-0.25, -0.2) is 0 Å². The topological polar surface area (TPSA) is 51.4 Å². The van der Waals surface area contributed by atoms with Gasteiger partial charge in [-0.1, -0.05) is 6.07 Å².